The summed E-state index contributed by atoms with van der Waals surface area (Å²) in [6.07, 6.45) is 0. The topological polar surface area (TPSA) is 3.24 Å². The Morgan fingerprint density at radius 1 is 0.944 bits per heavy atom. The molecule has 2 rings (SSSR count). The molecule has 0 aliphatic carbocycles. The van der Waals surface area contributed by atoms with Crippen LogP contribution in [-0.2, 0) is 0 Å². The standard InChI is InChI=1S/C15H15NS2/c1-16(2)13-10-8-12(9-11-13)15(17)18-14-6-4-3-5-7-14/h3-11H,1-2H3. The SMILES string of the molecule is CN(C)c1ccc(C(=S)Sc2ccccc2)cc1. The summed E-state index contributed by atoms with van der Waals surface area (Å²) < 4.78 is 0.909. The van der Waals surface area contributed by atoms with Crippen LogP contribution < -0.4 is 4.90 Å². The average molecular weight is 273 g/mol. The lowest BCUT2D eigenvalue weighted by atomic mass is 10.2. The maximum atomic E-state index is 5.46. The largest absolute Gasteiger partial charge is 0.378 e. The van der Waals surface area contributed by atoms with Crippen molar-refractivity contribution in [2.75, 3.05) is 19.0 Å². The third-order valence-corrected chi connectivity index (χ3v) is 3.99. The van der Waals surface area contributed by atoms with Crippen molar-refractivity contribution in [3.05, 3.63) is 60.2 Å². The molecule has 0 N–H and O–H groups in total. The highest BCUT2D eigenvalue weighted by molar-refractivity contribution is 8.23. The number of hydrogen-bond donors (Lipinski definition) is 0. The molecule has 0 atom stereocenters. The van der Waals surface area contributed by atoms with Crippen molar-refractivity contribution in [3.63, 3.8) is 0 Å². The number of anilines is 1. The van der Waals surface area contributed by atoms with Gasteiger partial charge in [-0.3, -0.25) is 0 Å². The number of nitrogens with zero attached hydrogens (tertiary/aromatic N) is 1. The van der Waals surface area contributed by atoms with Crippen LogP contribution in [-0.4, -0.2) is 18.3 Å². The second-order valence-electron chi connectivity index (χ2n) is 4.14. The van der Waals surface area contributed by atoms with Crippen LogP contribution in [0.1, 0.15) is 5.56 Å². The Kier molecular flexibility index (Phi) is 4.39. The number of thioether (sulfide) groups is 1. The van der Waals surface area contributed by atoms with Crippen LogP contribution in [0.4, 0.5) is 5.69 Å². The zero-order valence-corrected chi connectivity index (χ0v) is 12.1. The fourth-order valence-corrected chi connectivity index (χ4v) is 2.74. The average Bonchev–Trinajstić information content (AvgIpc) is 2.40. The molecule has 0 aliphatic rings. The van der Waals surface area contributed by atoms with Gasteiger partial charge in [-0.25, -0.2) is 0 Å². The molecule has 18 heavy (non-hydrogen) atoms. The van der Waals surface area contributed by atoms with E-state index in [-0.39, 0.29) is 0 Å². The molecule has 2 aromatic carbocycles. The van der Waals surface area contributed by atoms with Crippen LogP contribution >= 0.6 is 24.0 Å². The first-order chi connectivity index (χ1) is 8.66. The molecule has 1 nitrogen and oxygen atoms in total. The minimum Gasteiger partial charge on any atom is -0.378 e. The molecular weight excluding hydrogens is 258 g/mol. The summed E-state index contributed by atoms with van der Waals surface area (Å²) in [6.45, 7) is 0. The second kappa shape index (κ2) is 6.03. The number of hydrogen-bond acceptors (Lipinski definition) is 3. The van der Waals surface area contributed by atoms with Gasteiger partial charge >= 0.3 is 0 Å². The first-order valence-corrected chi connectivity index (χ1v) is 6.94. The Hall–Kier alpha value is -1.32. The van der Waals surface area contributed by atoms with Crippen molar-refractivity contribution < 1.29 is 0 Å². The summed E-state index contributed by atoms with van der Waals surface area (Å²) in [5.41, 5.74) is 2.29. The molecule has 2 aromatic rings. The van der Waals surface area contributed by atoms with Crippen LogP contribution in [0.2, 0.25) is 0 Å². The van der Waals surface area contributed by atoms with Gasteiger partial charge in [0.1, 0.15) is 0 Å². The summed E-state index contributed by atoms with van der Waals surface area (Å²) in [6, 6.07) is 18.6. The molecule has 0 aliphatic heterocycles. The van der Waals surface area contributed by atoms with Gasteiger partial charge in [0.15, 0.2) is 0 Å². The van der Waals surface area contributed by atoms with Crippen LogP contribution in [0.3, 0.4) is 0 Å². The van der Waals surface area contributed by atoms with Gasteiger partial charge in [0, 0.05) is 24.7 Å². The van der Waals surface area contributed by atoms with Crippen LogP contribution in [0.5, 0.6) is 0 Å². The molecule has 0 aromatic heterocycles. The molecule has 0 unspecified atom stereocenters. The number of thiocarbonyl (C=S) groups is 1. The quantitative estimate of drug-likeness (QED) is 0.609. The third kappa shape index (κ3) is 3.34. The lowest BCUT2D eigenvalue weighted by Crippen LogP contribution is -2.08. The van der Waals surface area contributed by atoms with Crippen molar-refractivity contribution in [1.29, 1.82) is 0 Å². The summed E-state index contributed by atoms with van der Waals surface area (Å²) in [4.78, 5) is 3.26. The lowest BCUT2D eigenvalue weighted by molar-refractivity contribution is 1.13. The van der Waals surface area contributed by atoms with Gasteiger partial charge in [-0.15, -0.1) is 0 Å². The highest BCUT2D eigenvalue weighted by Gasteiger charge is 2.04. The van der Waals surface area contributed by atoms with Gasteiger partial charge < -0.3 is 4.90 Å². The number of rotatable bonds is 3. The Balaban J connectivity index is 2.10. The fraction of sp³-hybridized carbons (Fsp3) is 0.133. The molecule has 92 valence electrons. The van der Waals surface area contributed by atoms with Gasteiger partial charge in [0.2, 0.25) is 0 Å². The Morgan fingerprint density at radius 3 is 2.11 bits per heavy atom. The first kappa shape index (κ1) is 13.1. The Morgan fingerprint density at radius 2 is 1.56 bits per heavy atom. The van der Waals surface area contributed by atoms with Crippen LogP contribution in [0, 0.1) is 0 Å². The van der Waals surface area contributed by atoms with Crippen molar-refractivity contribution in [1.82, 2.24) is 0 Å². The van der Waals surface area contributed by atoms with Crippen LogP contribution in [0.25, 0.3) is 0 Å². The van der Waals surface area contributed by atoms with Gasteiger partial charge in [0.25, 0.3) is 0 Å². The predicted octanol–water partition coefficient (Wildman–Crippen LogP) is 4.22. The molecule has 0 saturated heterocycles. The van der Waals surface area contributed by atoms with Crippen LogP contribution in [0.15, 0.2) is 59.5 Å². The lowest BCUT2D eigenvalue weighted by Gasteiger charge is -2.12. The molecule has 0 bridgehead atoms. The Bertz CT molecular complexity index is 518. The smallest absolute Gasteiger partial charge is 0.0825 e. The van der Waals surface area contributed by atoms with E-state index in [4.69, 9.17) is 12.2 Å². The molecule has 0 heterocycles. The summed E-state index contributed by atoms with van der Waals surface area (Å²) in [7, 11) is 4.07. The van der Waals surface area contributed by atoms with Gasteiger partial charge in [0.05, 0.1) is 4.20 Å². The van der Waals surface area contributed by atoms with E-state index in [9.17, 15) is 0 Å². The maximum absolute atomic E-state index is 5.46. The molecule has 0 saturated carbocycles. The minimum atomic E-state index is 0.909. The van der Waals surface area contributed by atoms with E-state index < -0.39 is 0 Å². The van der Waals surface area contributed by atoms with Crippen molar-refractivity contribution in [2.45, 2.75) is 4.90 Å². The van der Waals surface area contributed by atoms with Crippen molar-refractivity contribution in [2.24, 2.45) is 0 Å². The molecule has 3 heteroatoms. The third-order valence-electron chi connectivity index (χ3n) is 2.57. The Labute approximate surface area is 118 Å². The van der Waals surface area contributed by atoms with E-state index in [1.54, 1.807) is 11.8 Å². The first-order valence-electron chi connectivity index (χ1n) is 5.71. The monoisotopic (exact) mass is 273 g/mol. The van der Waals surface area contributed by atoms with E-state index in [0.717, 1.165) is 9.76 Å². The summed E-state index contributed by atoms with van der Waals surface area (Å²) in [5.74, 6) is 0. The normalized spacial score (nSPS) is 10.1. The van der Waals surface area contributed by atoms with Gasteiger partial charge in [-0.05, 0) is 29.8 Å². The molecular formula is C15H15NS2. The van der Waals surface area contributed by atoms with Gasteiger partial charge in [-0.1, -0.05) is 54.3 Å². The zero-order chi connectivity index (χ0) is 13.0. The van der Waals surface area contributed by atoms with E-state index in [1.807, 2.05) is 32.3 Å². The minimum absolute atomic E-state index is 0.909. The maximum Gasteiger partial charge on any atom is 0.0825 e. The molecule has 0 fully saturated rings. The van der Waals surface area contributed by atoms with E-state index in [0.29, 0.717) is 0 Å². The fourth-order valence-electron chi connectivity index (χ4n) is 1.55. The molecule has 0 amide bonds. The number of benzene rings is 2. The second-order valence-corrected chi connectivity index (χ2v) is 5.89. The molecule has 0 radical (unpaired) electrons. The van der Waals surface area contributed by atoms with E-state index in [1.165, 1.54) is 10.6 Å². The van der Waals surface area contributed by atoms with Gasteiger partial charge in [-0.2, -0.15) is 0 Å². The summed E-state index contributed by atoms with van der Waals surface area (Å²) >= 11 is 7.09. The highest BCUT2D eigenvalue weighted by Crippen LogP contribution is 2.24. The van der Waals surface area contributed by atoms with E-state index in [2.05, 4.69) is 41.3 Å². The van der Waals surface area contributed by atoms with Crippen molar-refractivity contribution in [3.8, 4) is 0 Å². The summed E-state index contributed by atoms with van der Waals surface area (Å²) in [5, 5.41) is 0. The predicted molar refractivity (Wildman–Crippen MR) is 84.8 cm³/mol. The highest BCUT2D eigenvalue weighted by atomic mass is 32.2. The van der Waals surface area contributed by atoms with Crippen molar-refractivity contribution >= 4 is 33.9 Å². The zero-order valence-electron chi connectivity index (χ0n) is 10.5. The molecule has 0 spiro atoms. The van der Waals surface area contributed by atoms with E-state index >= 15 is 0 Å².